The second-order valence-corrected chi connectivity index (χ2v) is 3.81. The lowest BCUT2D eigenvalue weighted by atomic mass is 10.1. The van der Waals surface area contributed by atoms with Crippen molar-refractivity contribution >= 4 is 0 Å². The van der Waals surface area contributed by atoms with Crippen LogP contribution in [-0.2, 0) is 0 Å². The van der Waals surface area contributed by atoms with Gasteiger partial charge in [0, 0.05) is 18.0 Å². The van der Waals surface area contributed by atoms with Crippen molar-refractivity contribution in [2.24, 2.45) is 5.73 Å². The molecular weight excluding hydrogens is 190 g/mol. The standard InChI is InChI=1S/C12H19NO2/c1-9(14)7-8-15-12-6-4-3-5-11(12)10(2)13/h3-6,9-10,14H,7-8,13H2,1-2H3/t9?,10-/m1/s1. The zero-order valence-electron chi connectivity index (χ0n) is 9.31. The summed E-state index contributed by atoms with van der Waals surface area (Å²) in [6, 6.07) is 7.69. The van der Waals surface area contributed by atoms with Crippen molar-refractivity contribution in [2.45, 2.75) is 32.4 Å². The van der Waals surface area contributed by atoms with E-state index in [0.717, 1.165) is 11.3 Å². The number of para-hydroxylation sites is 1. The molecule has 0 radical (unpaired) electrons. The minimum atomic E-state index is -0.326. The topological polar surface area (TPSA) is 55.5 Å². The molecule has 0 fully saturated rings. The maximum atomic E-state index is 9.10. The van der Waals surface area contributed by atoms with Crippen molar-refractivity contribution in [3.05, 3.63) is 29.8 Å². The Bertz CT molecular complexity index is 297. The SMILES string of the molecule is CC(O)CCOc1ccccc1[C@@H](C)N. The monoisotopic (exact) mass is 209 g/mol. The second-order valence-electron chi connectivity index (χ2n) is 3.81. The molecule has 0 spiro atoms. The van der Waals surface area contributed by atoms with E-state index in [9.17, 15) is 0 Å². The third kappa shape index (κ3) is 3.90. The van der Waals surface area contributed by atoms with Crippen LogP contribution in [0.1, 0.15) is 31.9 Å². The molecule has 15 heavy (non-hydrogen) atoms. The minimum Gasteiger partial charge on any atom is -0.493 e. The van der Waals surface area contributed by atoms with Crippen molar-refractivity contribution in [1.82, 2.24) is 0 Å². The number of hydrogen-bond donors (Lipinski definition) is 2. The molecule has 0 aromatic heterocycles. The number of hydrogen-bond acceptors (Lipinski definition) is 3. The van der Waals surface area contributed by atoms with Crippen LogP contribution in [0.3, 0.4) is 0 Å². The van der Waals surface area contributed by atoms with Crippen molar-refractivity contribution in [1.29, 1.82) is 0 Å². The molecule has 1 aromatic carbocycles. The third-order valence-electron chi connectivity index (χ3n) is 2.20. The summed E-state index contributed by atoms with van der Waals surface area (Å²) >= 11 is 0. The first kappa shape index (κ1) is 12.0. The van der Waals surface area contributed by atoms with Gasteiger partial charge in [-0.1, -0.05) is 18.2 Å². The summed E-state index contributed by atoms with van der Waals surface area (Å²) < 4.78 is 5.57. The van der Waals surface area contributed by atoms with E-state index in [2.05, 4.69) is 0 Å². The van der Waals surface area contributed by atoms with Gasteiger partial charge in [-0.05, 0) is 19.9 Å². The molecule has 0 bridgehead atoms. The fourth-order valence-electron chi connectivity index (χ4n) is 1.33. The number of rotatable bonds is 5. The van der Waals surface area contributed by atoms with Gasteiger partial charge in [-0.15, -0.1) is 0 Å². The molecule has 3 N–H and O–H groups in total. The van der Waals surface area contributed by atoms with Crippen LogP contribution in [-0.4, -0.2) is 17.8 Å². The first-order valence-electron chi connectivity index (χ1n) is 5.26. The van der Waals surface area contributed by atoms with E-state index in [1.165, 1.54) is 0 Å². The van der Waals surface area contributed by atoms with Crippen molar-refractivity contribution in [3.63, 3.8) is 0 Å². The zero-order chi connectivity index (χ0) is 11.3. The molecule has 84 valence electrons. The molecule has 0 aliphatic rings. The quantitative estimate of drug-likeness (QED) is 0.778. The Morgan fingerprint density at radius 1 is 1.33 bits per heavy atom. The Hall–Kier alpha value is -1.06. The Morgan fingerprint density at radius 3 is 2.60 bits per heavy atom. The highest BCUT2D eigenvalue weighted by Gasteiger charge is 2.07. The lowest BCUT2D eigenvalue weighted by molar-refractivity contribution is 0.155. The molecule has 1 unspecified atom stereocenters. The van der Waals surface area contributed by atoms with E-state index in [4.69, 9.17) is 15.6 Å². The van der Waals surface area contributed by atoms with E-state index in [0.29, 0.717) is 13.0 Å². The van der Waals surface area contributed by atoms with Gasteiger partial charge in [0.2, 0.25) is 0 Å². The summed E-state index contributed by atoms with van der Waals surface area (Å²) in [4.78, 5) is 0. The van der Waals surface area contributed by atoms with Gasteiger partial charge in [0.15, 0.2) is 0 Å². The summed E-state index contributed by atoms with van der Waals surface area (Å²) in [6.07, 6.45) is 0.306. The predicted molar refractivity (Wildman–Crippen MR) is 60.8 cm³/mol. The van der Waals surface area contributed by atoms with Crippen molar-refractivity contribution < 1.29 is 9.84 Å². The number of nitrogens with two attached hydrogens (primary N) is 1. The molecule has 2 atom stereocenters. The molecule has 1 aromatic rings. The van der Waals surface area contributed by atoms with Crippen LogP contribution in [0.4, 0.5) is 0 Å². The predicted octanol–water partition coefficient (Wildman–Crippen LogP) is 1.86. The molecular formula is C12H19NO2. The van der Waals surface area contributed by atoms with Crippen molar-refractivity contribution in [3.8, 4) is 5.75 Å². The summed E-state index contributed by atoms with van der Waals surface area (Å²) in [7, 11) is 0. The third-order valence-corrected chi connectivity index (χ3v) is 2.20. The van der Waals surface area contributed by atoms with Crippen LogP contribution < -0.4 is 10.5 Å². The van der Waals surface area contributed by atoms with E-state index < -0.39 is 0 Å². The first-order valence-corrected chi connectivity index (χ1v) is 5.26. The molecule has 0 amide bonds. The smallest absolute Gasteiger partial charge is 0.124 e. The highest BCUT2D eigenvalue weighted by atomic mass is 16.5. The van der Waals surface area contributed by atoms with Crippen LogP contribution in [0.5, 0.6) is 5.75 Å². The van der Waals surface area contributed by atoms with E-state index in [-0.39, 0.29) is 12.1 Å². The summed E-state index contributed by atoms with van der Waals surface area (Å²) in [5, 5.41) is 9.10. The maximum absolute atomic E-state index is 9.10. The lowest BCUT2D eigenvalue weighted by Gasteiger charge is -2.14. The first-order chi connectivity index (χ1) is 7.11. The average Bonchev–Trinajstić information content (AvgIpc) is 2.17. The molecule has 0 saturated carbocycles. The van der Waals surface area contributed by atoms with Gasteiger partial charge in [-0.3, -0.25) is 0 Å². The molecule has 0 aliphatic heterocycles. The van der Waals surface area contributed by atoms with Crippen LogP contribution in [0.15, 0.2) is 24.3 Å². The Labute approximate surface area is 90.9 Å². The lowest BCUT2D eigenvalue weighted by Crippen LogP contribution is -2.11. The van der Waals surface area contributed by atoms with Gasteiger partial charge in [0.25, 0.3) is 0 Å². The Morgan fingerprint density at radius 2 is 2.00 bits per heavy atom. The second kappa shape index (κ2) is 5.73. The van der Waals surface area contributed by atoms with Gasteiger partial charge in [0.05, 0.1) is 12.7 Å². The Kier molecular flexibility index (Phi) is 4.59. The summed E-state index contributed by atoms with van der Waals surface area (Å²) in [5.41, 5.74) is 6.82. The number of aliphatic hydroxyl groups is 1. The molecule has 0 heterocycles. The molecule has 3 heteroatoms. The highest BCUT2D eigenvalue weighted by Crippen LogP contribution is 2.23. The number of benzene rings is 1. The molecule has 0 saturated heterocycles. The summed E-state index contributed by atoms with van der Waals surface area (Å²) in [6.45, 7) is 4.19. The highest BCUT2D eigenvalue weighted by molar-refractivity contribution is 5.35. The number of aliphatic hydroxyl groups excluding tert-OH is 1. The van der Waals surface area contributed by atoms with Crippen molar-refractivity contribution in [2.75, 3.05) is 6.61 Å². The van der Waals surface area contributed by atoms with Gasteiger partial charge in [0.1, 0.15) is 5.75 Å². The summed E-state index contributed by atoms with van der Waals surface area (Å²) in [5.74, 6) is 0.813. The van der Waals surface area contributed by atoms with Gasteiger partial charge < -0.3 is 15.6 Å². The number of ether oxygens (including phenoxy) is 1. The van der Waals surface area contributed by atoms with Gasteiger partial charge in [-0.25, -0.2) is 0 Å². The molecule has 3 nitrogen and oxygen atoms in total. The van der Waals surface area contributed by atoms with E-state index in [1.807, 2.05) is 31.2 Å². The maximum Gasteiger partial charge on any atom is 0.124 e. The zero-order valence-corrected chi connectivity index (χ0v) is 9.31. The van der Waals surface area contributed by atoms with E-state index in [1.54, 1.807) is 6.92 Å². The van der Waals surface area contributed by atoms with Gasteiger partial charge >= 0.3 is 0 Å². The van der Waals surface area contributed by atoms with Crippen LogP contribution >= 0.6 is 0 Å². The Balaban J connectivity index is 2.59. The molecule has 0 aliphatic carbocycles. The fraction of sp³-hybridized carbons (Fsp3) is 0.500. The van der Waals surface area contributed by atoms with E-state index >= 15 is 0 Å². The van der Waals surface area contributed by atoms with Crippen LogP contribution in [0, 0.1) is 0 Å². The average molecular weight is 209 g/mol. The minimum absolute atomic E-state index is 0.0345. The molecule has 1 rings (SSSR count). The van der Waals surface area contributed by atoms with Gasteiger partial charge in [-0.2, -0.15) is 0 Å². The van der Waals surface area contributed by atoms with Crippen LogP contribution in [0.2, 0.25) is 0 Å². The van der Waals surface area contributed by atoms with Crippen LogP contribution in [0.25, 0.3) is 0 Å². The normalized spacial score (nSPS) is 14.7. The largest absolute Gasteiger partial charge is 0.493 e. The fourth-order valence-corrected chi connectivity index (χ4v) is 1.33.